The molecule has 7 heteroatoms. The predicted molar refractivity (Wildman–Crippen MR) is 66.8 cm³/mol. The molecule has 18 heavy (non-hydrogen) atoms. The smallest absolute Gasteiger partial charge is 0.321 e. The van der Waals surface area contributed by atoms with E-state index in [0.29, 0.717) is 19.4 Å². The van der Waals surface area contributed by atoms with E-state index >= 15 is 0 Å². The van der Waals surface area contributed by atoms with E-state index in [-0.39, 0.29) is 18.9 Å². The van der Waals surface area contributed by atoms with Crippen molar-refractivity contribution >= 4 is 16.0 Å². The number of aliphatic carboxylic acids is 1. The lowest BCUT2D eigenvalue weighted by Crippen LogP contribution is -2.47. The van der Waals surface area contributed by atoms with Crippen molar-refractivity contribution in [1.29, 1.82) is 0 Å². The molecule has 0 aromatic heterocycles. The van der Waals surface area contributed by atoms with Crippen molar-refractivity contribution in [3.8, 4) is 0 Å². The predicted octanol–water partition coefficient (Wildman–Crippen LogP) is 0.584. The lowest BCUT2D eigenvalue weighted by molar-refractivity contribution is -0.139. The van der Waals surface area contributed by atoms with Crippen LogP contribution in [0.5, 0.6) is 0 Å². The average molecular weight is 279 g/mol. The zero-order valence-electron chi connectivity index (χ0n) is 10.8. The van der Waals surface area contributed by atoms with Gasteiger partial charge in [0, 0.05) is 6.61 Å². The number of carboxylic acids is 1. The van der Waals surface area contributed by atoms with Crippen LogP contribution in [-0.4, -0.2) is 44.0 Å². The van der Waals surface area contributed by atoms with Gasteiger partial charge in [0.1, 0.15) is 6.04 Å². The monoisotopic (exact) mass is 279 g/mol. The molecule has 0 amide bonds. The topological polar surface area (TPSA) is 92.7 Å². The van der Waals surface area contributed by atoms with Crippen molar-refractivity contribution in [2.45, 2.75) is 44.4 Å². The van der Waals surface area contributed by atoms with Crippen molar-refractivity contribution < 1.29 is 23.1 Å². The van der Waals surface area contributed by atoms with Crippen molar-refractivity contribution in [1.82, 2.24) is 4.72 Å². The number of nitrogens with one attached hydrogen (secondary N) is 1. The highest BCUT2D eigenvalue weighted by atomic mass is 32.2. The van der Waals surface area contributed by atoms with E-state index in [2.05, 4.69) is 4.72 Å². The average Bonchev–Trinajstić information content (AvgIpc) is 2.28. The minimum atomic E-state index is -3.63. The van der Waals surface area contributed by atoms with Gasteiger partial charge in [-0.1, -0.05) is 13.8 Å². The Balaban J connectivity index is 2.68. The Bertz CT molecular complexity index is 373. The molecule has 0 spiro atoms. The van der Waals surface area contributed by atoms with Gasteiger partial charge in [-0.15, -0.1) is 0 Å². The first-order valence-corrected chi connectivity index (χ1v) is 7.69. The maximum absolute atomic E-state index is 12.0. The fraction of sp³-hybridized carbons (Fsp3) is 0.909. The zero-order chi connectivity index (χ0) is 13.8. The first-order valence-electron chi connectivity index (χ1n) is 6.14. The van der Waals surface area contributed by atoms with Gasteiger partial charge in [-0.3, -0.25) is 4.79 Å². The Morgan fingerprint density at radius 3 is 2.61 bits per heavy atom. The minimum absolute atomic E-state index is 0.108. The van der Waals surface area contributed by atoms with Gasteiger partial charge >= 0.3 is 5.97 Å². The van der Waals surface area contributed by atoms with E-state index in [9.17, 15) is 13.2 Å². The normalized spacial score (nSPS) is 22.9. The van der Waals surface area contributed by atoms with Crippen LogP contribution in [0.15, 0.2) is 0 Å². The van der Waals surface area contributed by atoms with E-state index in [1.807, 2.05) is 13.8 Å². The summed E-state index contributed by atoms with van der Waals surface area (Å²) >= 11 is 0. The number of sulfonamides is 1. The summed E-state index contributed by atoms with van der Waals surface area (Å²) in [6.07, 6.45) is 1.49. The highest BCUT2D eigenvalue weighted by molar-refractivity contribution is 7.90. The van der Waals surface area contributed by atoms with E-state index in [4.69, 9.17) is 9.84 Å². The van der Waals surface area contributed by atoms with Crippen LogP contribution in [0.25, 0.3) is 0 Å². The van der Waals surface area contributed by atoms with E-state index in [1.54, 1.807) is 0 Å². The van der Waals surface area contributed by atoms with Crippen LogP contribution in [0.4, 0.5) is 0 Å². The summed E-state index contributed by atoms with van der Waals surface area (Å²) in [5.74, 6) is -1.03. The quantitative estimate of drug-likeness (QED) is 0.742. The first kappa shape index (κ1) is 15.4. The van der Waals surface area contributed by atoms with Crippen LogP contribution in [0, 0.1) is 5.92 Å². The van der Waals surface area contributed by atoms with Crippen LogP contribution >= 0.6 is 0 Å². The molecule has 0 radical (unpaired) electrons. The Morgan fingerprint density at radius 1 is 1.50 bits per heavy atom. The molecule has 1 heterocycles. The number of carbonyl (C=O) groups is 1. The fourth-order valence-electron chi connectivity index (χ4n) is 1.92. The van der Waals surface area contributed by atoms with Gasteiger partial charge in [0.2, 0.25) is 10.0 Å². The number of hydrogen-bond acceptors (Lipinski definition) is 4. The number of hydrogen-bond donors (Lipinski definition) is 2. The van der Waals surface area contributed by atoms with E-state index in [0.717, 1.165) is 0 Å². The molecule has 1 rings (SSSR count). The molecule has 0 saturated carbocycles. The van der Waals surface area contributed by atoms with Crippen molar-refractivity contribution in [2.75, 3.05) is 13.2 Å². The molecule has 106 valence electrons. The van der Waals surface area contributed by atoms with Crippen molar-refractivity contribution in [3.63, 3.8) is 0 Å². The number of carboxylic acid groups (broad SMARTS) is 1. The number of ether oxygens (including phenoxy) is 1. The van der Waals surface area contributed by atoms with Gasteiger partial charge in [-0.25, -0.2) is 13.1 Å². The molecular weight excluding hydrogens is 258 g/mol. The van der Waals surface area contributed by atoms with Crippen LogP contribution in [0.1, 0.15) is 33.1 Å². The minimum Gasteiger partial charge on any atom is -0.480 e. The summed E-state index contributed by atoms with van der Waals surface area (Å²) in [7, 11) is -3.63. The Hall–Kier alpha value is -0.660. The fourth-order valence-corrected chi connectivity index (χ4v) is 3.46. The maximum atomic E-state index is 12.0. The standard InChI is InChI=1S/C11H21NO5S/c1-8(2)6-10(11(13)14)12-18(15,16)9-4-3-5-17-7-9/h8-10,12H,3-7H2,1-2H3,(H,13,14). The molecule has 2 N–H and O–H groups in total. The van der Waals surface area contributed by atoms with Gasteiger partial charge in [-0.05, 0) is 25.2 Å². The third-order valence-electron chi connectivity index (χ3n) is 2.87. The zero-order valence-corrected chi connectivity index (χ0v) is 11.6. The van der Waals surface area contributed by atoms with E-state index in [1.165, 1.54) is 0 Å². The summed E-state index contributed by atoms with van der Waals surface area (Å²) in [5.41, 5.74) is 0. The Morgan fingerprint density at radius 2 is 2.17 bits per heavy atom. The summed E-state index contributed by atoms with van der Waals surface area (Å²) in [5, 5.41) is 8.39. The summed E-state index contributed by atoms with van der Waals surface area (Å²) < 4.78 is 31.5. The van der Waals surface area contributed by atoms with E-state index < -0.39 is 27.3 Å². The van der Waals surface area contributed by atoms with Gasteiger partial charge < -0.3 is 9.84 Å². The Labute approximate surface area is 108 Å². The van der Waals surface area contributed by atoms with Crippen LogP contribution in [0.2, 0.25) is 0 Å². The third kappa shape index (κ3) is 4.55. The highest BCUT2D eigenvalue weighted by Crippen LogP contribution is 2.15. The van der Waals surface area contributed by atoms with Crippen LogP contribution in [-0.2, 0) is 19.6 Å². The SMILES string of the molecule is CC(C)CC(NS(=O)(=O)C1CCCOC1)C(=O)O. The second kappa shape index (κ2) is 6.49. The second-order valence-corrected chi connectivity index (χ2v) is 7.01. The van der Waals surface area contributed by atoms with Crippen LogP contribution in [0.3, 0.4) is 0 Å². The molecule has 6 nitrogen and oxygen atoms in total. The van der Waals surface area contributed by atoms with Gasteiger partial charge in [0.15, 0.2) is 0 Å². The van der Waals surface area contributed by atoms with Gasteiger partial charge in [0.05, 0.1) is 11.9 Å². The Kier molecular flexibility index (Phi) is 5.55. The second-order valence-electron chi connectivity index (χ2n) is 5.02. The molecule has 1 saturated heterocycles. The lowest BCUT2D eigenvalue weighted by Gasteiger charge is -2.25. The largest absolute Gasteiger partial charge is 0.480 e. The van der Waals surface area contributed by atoms with Crippen LogP contribution < -0.4 is 4.72 Å². The van der Waals surface area contributed by atoms with Crippen molar-refractivity contribution in [2.24, 2.45) is 5.92 Å². The molecule has 1 aliphatic rings. The molecule has 2 atom stereocenters. The molecule has 0 aromatic rings. The number of rotatable bonds is 6. The molecule has 2 unspecified atom stereocenters. The molecule has 1 fully saturated rings. The summed E-state index contributed by atoms with van der Waals surface area (Å²) in [4.78, 5) is 11.0. The van der Waals surface area contributed by atoms with Gasteiger partial charge in [0.25, 0.3) is 0 Å². The third-order valence-corrected chi connectivity index (χ3v) is 4.73. The van der Waals surface area contributed by atoms with Crippen molar-refractivity contribution in [3.05, 3.63) is 0 Å². The van der Waals surface area contributed by atoms with Gasteiger partial charge in [-0.2, -0.15) is 0 Å². The molecule has 0 aromatic carbocycles. The lowest BCUT2D eigenvalue weighted by atomic mass is 10.1. The summed E-state index contributed by atoms with van der Waals surface area (Å²) in [6, 6.07) is -1.06. The molecule has 0 aliphatic carbocycles. The molecule has 1 aliphatic heterocycles. The maximum Gasteiger partial charge on any atom is 0.321 e. The molecular formula is C11H21NO5S. The summed E-state index contributed by atoms with van der Waals surface area (Å²) in [6.45, 7) is 4.42. The molecule has 0 bridgehead atoms. The highest BCUT2D eigenvalue weighted by Gasteiger charge is 2.32. The first-order chi connectivity index (χ1) is 8.33.